The first kappa shape index (κ1) is 6.46. The molecule has 0 saturated carbocycles. The van der Waals surface area contributed by atoms with E-state index in [9.17, 15) is 8.78 Å². The van der Waals surface area contributed by atoms with Crippen molar-refractivity contribution in [3.8, 4) is 0 Å². The average molecular weight is 129 g/mol. The Balaban J connectivity index is 2.78. The van der Waals surface area contributed by atoms with Gasteiger partial charge in [0.05, 0.1) is 0 Å². The van der Waals surface area contributed by atoms with Crippen LogP contribution in [0, 0.1) is 6.42 Å². The van der Waals surface area contributed by atoms with Crippen molar-refractivity contribution in [2.45, 2.75) is 12.6 Å². The summed E-state index contributed by atoms with van der Waals surface area (Å²) in [5.74, 6) is -0.512. The highest BCUT2D eigenvalue weighted by Gasteiger charge is 2.21. The third-order valence-electron chi connectivity index (χ3n) is 1.10. The lowest BCUT2D eigenvalue weighted by Crippen LogP contribution is -2.15. The Bertz CT molecular complexity index is 166. The zero-order chi connectivity index (χ0) is 6.91. The summed E-state index contributed by atoms with van der Waals surface area (Å²) in [6.07, 6.45) is 4.83. The van der Waals surface area contributed by atoms with E-state index in [1.165, 1.54) is 25.5 Å². The summed E-state index contributed by atoms with van der Waals surface area (Å²) >= 11 is 0. The number of halogens is 2. The molecule has 2 heteroatoms. The van der Waals surface area contributed by atoms with E-state index in [-0.39, 0.29) is 0 Å². The van der Waals surface area contributed by atoms with Gasteiger partial charge in [-0.3, -0.25) is 0 Å². The van der Waals surface area contributed by atoms with Crippen molar-refractivity contribution in [1.82, 2.24) is 0 Å². The number of allylic oxidation sites excluding steroid dienone is 4. The van der Waals surface area contributed by atoms with E-state index in [2.05, 4.69) is 0 Å². The summed E-state index contributed by atoms with van der Waals surface area (Å²) in [5.41, 5.74) is -1.60. The molecule has 0 amide bonds. The van der Waals surface area contributed by atoms with Crippen molar-refractivity contribution < 1.29 is 8.78 Å². The number of hydrogen-bond acceptors (Lipinski definition) is 0. The van der Waals surface area contributed by atoms with Crippen LogP contribution in [0.1, 0.15) is 6.92 Å². The van der Waals surface area contributed by atoms with E-state index in [1.54, 1.807) is 0 Å². The first-order valence-corrected chi connectivity index (χ1v) is 2.70. The van der Waals surface area contributed by atoms with Crippen molar-refractivity contribution in [2.24, 2.45) is 0 Å². The third-order valence-corrected chi connectivity index (χ3v) is 1.10. The average Bonchev–Trinajstić information content (AvgIpc) is 1.60. The Labute approximate surface area is 52.9 Å². The molecule has 0 aliphatic heterocycles. The molecule has 1 atom stereocenters. The van der Waals surface area contributed by atoms with Gasteiger partial charge in [-0.2, -0.15) is 0 Å². The Hall–Kier alpha value is -0.660. The SMILES string of the molecule is CC1(F)[CH]C=CC(F)=C1. The molecule has 0 bridgehead atoms. The van der Waals surface area contributed by atoms with Gasteiger partial charge in [0.1, 0.15) is 11.5 Å². The van der Waals surface area contributed by atoms with Crippen molar-refractivity contribution in [3.05, 3.63) is 30.5 Å². The summed E-state index contributed by atoms with van der Waals surface area (Å²) in [6, 6.07) is 0. The van der Waals surface area contributed by atoms with Gasteiger partial charge in [-0.25, -0.2) is 8.78 Å². The molecule has 0 saturated heterocycles. The normalized spacial score (nSPS) is 34.3. The Kier molecular flexibility index (Phi) is 1.39. The Morgan fingerprint density at radius 2 is 2.22 bits per heavy atom. The molecule has 1 aliphatic carbocycles. The predicted octanol–water partition coefficient (Wildman–Crippen LogP) is 2.34. The highest BCUT2D eigenvalue weighted by Crippen LogP contribution is 2.23. The molecular formula is C7H7F2. The maximum Gasteiger partial charge on any atom is 0.136 e. The zero-order valence-corrected chi connectivity index (χ0v) is 5.07. The van der Waals surface area contributed by atoms with Crippen molar-refractivity contribution in [1.29, 1.82) is 0 Å². The first-order valence-electron chi connectivity index (χ1n) is 2.70. The molecule has 0 fully saturated rings. The van der Waals surface area contributed by atoms with Crippen LogP contribution in [0.15, 0.2) is 24.1 Å². The third kappa shape index (κ3) is 1.63. The fourth-order valence-corrected chi connectivity index (χ4v) is 0.694. The van der Waals surface area contributed by atoms with Crippen LogP contribution < -0.4 is 0 Å². The fourth-order valence-electron chi connectivity index (χ4n) is 0.694. The van der Waals surface area contributed by atoms with E-state index in [0.29, 0.717) is 0 Å². The lowest BCUT2D eigenvalue weighted by atomic mass is 10.00. The minimum Gasteiger partial charge on any atom is -0.239 e. The van der Waals surface area contributed by atoms with Crippen LogP contribution in [0.4, 0.5) is 8.78 Å². The van der Waals surface area contributed by atoms with E-state index in [4.69, 9.17) is 0 Å². The number of hydrogen-bond donors (Lipinski definition) is 0. The van der Waals surface area contributed by atoms with Gasteiger partial charge in [0.15, 0.2) is 0 Å². The topological polar surface area (TPSA) is 0 Å². The lowest BCUT2D eigenvalue weighted by Gasteiger charge is -2.14. The molecule has 1 rings (SSSR count). The minimum absolute atomic E-state index is 0.512. The summed E-state index contributed by atoms with van der Waals surface area (Å²) in [4.78, 5) is 0. The molecule has 0 nitrogen and oxygen atoms in total. The molecule has 1 unspecified atom stereocenters. The van der Waals surface area contributed by atoms with Gasteiger partial charge >= 0.3 is 0 Å². The van der Waals surface area contributed by atoms with E-state index in [0.717, 1.165) is 6.08 Å². The quantitative estimate of drug-likeness (QED) is 0.471. The van der Waals surface area contributed by atoms with Gasteiger partial charge in [-0.05, 0) is 19.1 Å². The zero-order valence-electron chi connectivity index (χ0n) is 5.07. The Morgan fingerprint density at radius 1 is 1.56 bits per heavy atom. The second-order valence-electron chi connectivity index (χ2n) is 2.21. The smallest absolute Gasteiger partial charge is 0.136 e. The second-order valence-corrected chi connectivity index (χ2v) is 2.21. The van der Waals surface area contributed by atoms with E-state index >= 15 is 0 Å². The summed E-state index contributed by atoms with van der Waals surface area (Å²) in [5, 5.41) is 0. The molecule has 49 valence electrons. The lowest BCUT2D eigenvalue weighted by molar-refractivity contribution is 0.303. The minimum atomic E-state index is -1.60. The molecule has 0 aromatic heterocycles. The van der Waals surface area contributed by atoms with Crippen LogP contribution in [0.5, 0.6) is 0 Å². The van der Waals surface area contributed by atoms with Crippen LogP contribution in [0.25, 0.3) is 0 Å². The molecule has 1 aliphatic rings. The van der Waals surface area contributed by atoms with Crippen LogP contribution in [-0.2, 0) is 0 Å². The standard InChI is InChI=1S/C7H7F2/c1-7(9)4-2-3-6(8)5-7/h2-5H,1H3. The second kappa shape index (κ2) is 1.94. The molecule has 0 heterocycles. The maximum absolute atomic E-state index is 12.7. The number of alkyl halides is 1. The molecule has 9 heavy (non-hydrogen) atoms. The van der Waals surface area contributed by atoms with Gasteiger partial charge in [0.25, 0.3) is 0 Å². The van der Waals surface area contributed by atoms with Crippen LogP contribution in [0.2, 0.25) is 0 Å². The Morgan fingerprint density at radius 3 is 2.56 bits per heavy atom. The van der Waals surface area contributed by atoms with E-state index < -0.39 is 11.5 Å². The van der Waals surface area contributed by atoms with Gasteiger partial charge in [0, 0.05) is 6.42 Å². The largest absolute Gasteiger partial charge is 0.239 e. The molecular weight excluding hydrogens is 122 g/mol. The van der Waals surface area contributed by atoms with Crippen molar-refractivity contribution in [2.75, 3.05) is 0 Å². The van der Waals surface area contributed by atoms with Crippen molar-refractivity contribution in [3.63, 3.8) is 0 Å². The highest BCUT2D eigenvalue weighted by atomic mass is 19.1. The predicted molar refractivity (Wildman–Crippen MR) is 32.1 cm³/mol. The van der Waals surface area contributed by atoms with Gasteiger partial charge < -0.3 is 0 Å². The van der Waals surface area contributed by atoms with Crippen molar-refractivity contribution >= 4 is 0 Å². The molecule has 0 aromatic rings. The summed E-state index contributed by atoms with van der Waals surface area (Å²) in [6.45, 7) is 1.30. The molecule has 0 aromatic carbocycles. The summed E-state index contributed by atoms with van der Waals surface area (Å²) < 4.78 is 24.9. The van der Waals surface area contributed by atoms with Crippen LogP contribution in [0.3, 0.4) is 0 Å². The van der Waals surface area contributed by atoms with Gasteiger partial charge in [-0.15, -0.1) is 0 Å². The van der Waals surface area contributed by atoms with Gasteiger partial charge in [-0.1, -0.05) is 6.08 Å². The number of rotatable bonds is 0. The van der Waals surface area contributed by atoms with Gasteiger partial charge in [0.2, 0.25) is 0 Å². The van der Waals surface area contributed by atoms with E-state index in [1.807, 2.05) is 0 Å². The fraction of sp³-hybridized carbons (Fsp3) is 0.286. The monoisotopic (exact) mass is 129 g/mol. The first-order chi connectivity index (χ1) is 4.10. The van der Waals surface area contributed by atoms with Crippen LogP contribution >= 0.6 is 0 Å². The molecule has 0 N–H and O–H groups in total. The molecule has 1 radical (unpaired) electrons. The summed E-state index contributed by atoms with van der Waals surface area (Å²) in [7, 11) is 0. The maximum atomic E-state index is 12.7. The van der Waals surface area contributed by atoms with Crippen LogP contribution in [-0.4, -0.2) is 5.67 Å². The molecule has 0 spiro atoms. The highest BCUT2D eigenvalue weighted by molar-refractivity contribution is 5.29.